The van der Waals surface area contributed by atoms with Crippen LogP contribution in [0.25, 0.3) is 10.9 Å². The van der Waals surface area contributed by atoms with Gasteiger partial charge in [-0.2, -0.15) is 0 Å². The first-order valence-electron chi connectivity index (χ1n) is 11.5. The van der Waals surface area contributed by atoms with Crippen molar-refractivity contribution in [3.05, 3.63) is 66.4 Å². The first-order chi connectivity index (χ1) is 16.1. The second kappa shape index (κ2) is 11.0. The highest BCUT2D eigenvalue weighted by Crippen LogP contribution is 2.27. The highest BCUT2D eigenvalue weighted by Gasteiger charge is 2.21. The van der Waals surface area contributed by atoms with Gasteiger partial charge in [0.25, 0.3) is 0 Å². The van der Waals surface area contributed by atoms with E-state index < -0.39 is 0 Å². The molecule has 5 nitrogen and oxygen atoms in total. The van der Waals surface area contributed by atoms with Crippen molar-refractivity contribution < 1.29 is 4.79 Å². The summed E-state index contributed by atoms with van der Waals surface area (Å²) in [5, 5.41) is 2.05. The van der Waals surface area contributed by atoms with Gasteiger partial charge in [0.2, 0.25) is 0 Å². The summed E-state index contributed by atoms with van der Waals surface area (Å²) in [7, 11) is 0. The average Bonchev–Trinajstić information content (AvgIpc) is 2.88. The number of carbonyl (C=O) groups is 1. The molecule has 1 saturated heterocycles. The van der Waals surface area contributed by atoms with E-state index in [1.54, 1.807) is 18.0 Å². The SMILES string of the molecule is CCN(CC)C(=S)N1CCN(c2ccc(C(=O)CSc3ccnc4ccccc34)cc2)CC1. The Morgan fingerprint density at radius 3 is 2.39 bits per heavy atom. The molecule has 7 heteroatoms. The van der Waals surface area contributed by atoms with Crippen molar-refractivity contribution in [2.75, 3.05) is 49.9 Å². The topological polar surface area (TPSA) is 39.7 Å². The van der Waals surface area contributed by atoms with Crippen molar-refractivity contribution in [2.24, 2.45) is 0 Å². The van der Waals surface area contributed by atoms with Gasteiger partial charge in [-0.05, 0) is 62.5 Å². The number of benzene rings is 2. The Hall–Kier alpha value is -2.64. The molecule has 172 valence electrons. The molecule has 0 unspecified atom stereocenters. The highest BCUT2D eigenvalue weighted by atomic mass is 32.2. The van der Waals surface area contributed by atoms with Crippen LogP contribution in [-0.4, -0.2) is 70.7 Å². The molecule has 1 fully saturated rings. The molecule has 2 heterocycles. The van der Waals surface area contributed by atoms with Crippen molar-refractivity contribution in [1.82, 2.24) is 14.8 Å². The number of para-hydroxylation sites is 1. The summed E-state index contributed by atoms with van der Waals surface area (Å²) in [5.41, 5.74) is 2.87. The van der Waals surface area contributed by atoms with Crippen LogP contribution >= 0.6 is 24.0 Å². The van der Waals surface area contributed by atoms with Gasteiger partial charge in [0, 0.05) is 67.0 Å². The van der Waals surface area contributed by atoms with Gasteiger partial charge in [-0.25, -0.2) is 0 Å². The number of anilines is 1. The Labute approximate surface area is 205 Å². The van der Waals surface area contributed by atoms with Gasteiger partial charge in [0.15, 0.2) is 10.9 Å². The maximum absolute atomic E-state index is 12.8. The number of thiocarbonyl (C=S) groups is 1. The second-order valence-electron chi connectivity index (χ2n) is 8.01. The van der Waals surface area contributed by atoms with Crippen LogP contribution in [-0.2, 0) is 0 Å². The third-order valence-corrected chi connectivity index (χ3v) is 7.70. The Morgan fingerprint density at radius 2 is 1.70 bits per heavy atom. The zero-order valence-corrected chi connectivity index (χ0v) is 20.9. The summed E-state index contributed by atoms with van der Waals surface area (Å²) in [6, 6.07) is 18.1. The van der Waals surface area contributed by atoms with Crippen LogP contribution in [0.2, 0.25) is 0 Å². The number of hydrogen-bond acceptors (Lipinski definition) is 5. The van der Waals surface area contributed by atoms with Crippen LogP contribution in [0.4, 0.5) is 5.69 Å². The maximum Gasteiger partial charge on any atom is 0.173 e. The standard InChI is InChI=1S/C26H30N4OS2/c1-3-28(4-2)26(32)30-17-15-29(16-18-30)21-11-9-20(10-12-21)24(31)19-33-25-13-14-27-23-8-6-5-7-22(23)25/h5-14H,3-4,15-19H2,1-2H3. The average molecular weight is 479 g/mol. The number of piperazine rings is 1. The summed E-state index contributed by atoms with van der Waals surface area (Å²) in [6.45, 7) is 9.89. The van der Waals surface area contributed by atoms with Crippen LogP contribution < -0.4 is 4.90 Å². The fraction of sp³-hybridized carbons (Fsp3) is 0.346. The van der Waals surface area contributed by atoms with Crippen molar-refractivity contribution in [2.45, 2.75) is 18.7 Å². The van der Waals surface area contributed by atoms with Crippen LogP contribution in [0.5, 0.6) is 0 Å². The summed E-state index contributed by atoms with van der Waals surface area (Å²) in [4.78, 5) is 25.2. The normalized spacial score (nSPS) is 13.9. The number of Topliss-reactive ketones (excluding diaryl/α,β-unsaturated/α-hetero) is 1. The van der Waals surface area contributed by atoms with E-state index in [4.69, 9.17) is 12.2 Å². The summed E-state index contributed by atoms with van der Waals surface area (Å²) >= 11 is 7.24. The fourth-order valence-corrected chi connectivity index (χ4v) is 5.51. The Kier molecular flexibility index (Phi) is 7.83. The lowest BCUT2D eigenvalue weighted by Crippen LogP contribution is -2.52. The molecule has 0 spiro atoms. The zero-order valence-electron chi connectivity index (χ0n) is 19.2. The molecular weight excluding hydrogens is 448 g/mol. The predicted molar refractivity (Wildman–Crippen MR) is 143 cm³/mol. The number of thioether (sulfide) groups is 1. The quantitative estimate of drug-likeness (QED) is 0.270. The zero-order chi connectivity index (χ0) is 23.2. The van der Waals surface area contributed by atoms with Crippen molar-refractivity contribution in [1.29, 1.82) is 0 Å². The molecule has 1 aliphatic rings. The molecule has 0 aliphatic carbocycles. The van der Waals surface area contributed by atoms with E-state index in [1.165, 1.54) is 0 Å². The molecule has 3 aromatic rings. The lowest BCUT2D eigenvalue weighted by molar-refractivity contribution is 0.102. The molecule has 0 atom stereocenters. The van der Waals surface area contributed by atoms with E-state index in [9.17, 15) is 4.79 Å². The van der Waals surface area contributed by atoms with E-state index in [0.717, 1.165) is 71.4 Å². The predicted octanol–water partition coefficient (Wildman–Crippen LogP) is 4.96. The number of pyridine rings is 1. The van der Waals surface area contributed by atoms with Gasteiger partial charge >= 0.3 is 0 Å². The third kappa shape index (κ3) is 5.47. The van der Waals surface area contributed by atoms with E-state index in [2.05, 4.69) is 51.7 Å². The largest absolute Gasteiger partial charge is 0.368 e. The van der Waals surface area contributed by atoms with E-state index in [0.29, 0.717) is 5.75 Å². The molecule has 0 saturated carbocycles. The van der Waals surface area contributed by atoms with E-state index in [1.807, 2.05) is 36.4 Å². The van der Waals surface area contributed by atoms with Gasteiger partial charge in [-0.3, -0.25) is 9.78 Å². The van der Waals surface area contributed by atoms with Crippen molar-refractivity contribution >= 4 is 51.5 Å². The fourth-order valence-electron chi connectivity index (χ4n) is 4.13. The molecule has 0 radical (unpaired) electrons. The Balaban J connectivity index is 1.33. The van der Waals surface area contributed by atoms with Gasteiger partial charge < -0.3 is 14.7 Å². The third-order valence-electron chi connectivity index (χ3n) is 6.11. The number of fused-ring (bicyclic) bond motifs is 1. The molecule has 1 aromatic heterocycles. The summed E-state index contributed by atoms with van der Waals surface area (Å²) < 4.78 is 0. The molecule has 1 aliphatic heterocycles. The Bertz CT molecular complexity index is 1100. The molecule has 0 N–H and O–H groups in total. The molecule has 2 aromatic carbocycles. The minimum atomic E-state index is 0.141. The number of rotatable bonds is 7. The summed E-state index contributed by atoms with van der Waals surface area (Å²) in [6.07, 6.45) is 1.80. The number of nitrogens with zero attached hydrogens (tertiary/aromatic N) is 4. The van der Waals surface area contributed by atoms with Gasteiger partial charge in [-0.15, -0.1) is 11.8 Å². The molecule has 0 bridgehead atoms. The number of hydrogen-bond donors (Lipinski definition) is 0. The molecular formula is C26H30N4OS2. The summed E-state index contributed by atoms with van der Waals surface area (Å²) in [5.74, 6) is 0.552. The number of carbonyl (C=O) groups excluding carboxylic acids is 1. The minimum absolute atomic E-state index is 0.141. The number of aromatic nitrogens is 1. The lowest BCUT2D eigenvalue weighted by atomic mass is 10.1. The molecule has 33 heavy (non-hydrogen) atoms. The molecule has 4 rings (SSSR count). The first-order valence-corrected chi connectivity index (χ1v) is 12.9. The van der Waals surface area contributed by atoms with Crippen LogP contribution in [0.15, 0.2) is 65.7 Å². The van der Waals surface area contributed by atoms with E-state index >= 15 is 0 Å². The maximum atomic E-state index is 12.8. The molecule has 0 amide bonds. The van der Waals surface area contributed by atoms with Crippen molar-refractivity contribution in [3.8, 4) is 0 Å². The monoisotopic (exact) mass is 478 g/mol. The van der Waals surface area contributed by atoms with E-state index in [-0.39, 0.29) is 5.78 Å². The minimum Gasteiger partial charge on any atom is -0.368 e. The first kappa shape index (κ1) is 23.5. The van der Waals surface area contributed by atoms with Crippen LogP contribution in [0.3, 0.4) is 0 Å². The highest BCUT2D eigenvalue weighted by molar-refractivity contribution is 8.00. The van der Waals surface area contributed by atoms with Gasteiger partial charge in [0.1, 0.15) is 0 Å². The van der Waals surface area contributed by atoms with Crippen LogP contribution in [0.1, 0.15) is 24.2 Å². The van der Waals surface area contributed by atoms with Crippen molar-refractivity contribution in [3.63, 3.8) is 0 Å². The van der Waals surface area contributed by atoms with Gasteiger partial charge in [0.05, 0.1) is 11.3 Å². The van der Waals surface area contributed by atoms with Crippen LogP contribution in [0, 0.1) is 0 Å². The number of ketones is 1. The smallest absolute Gasteiger partial charge is 0.173 e. The lowest BCUT2D eigenvalue weighted by Gasteiger charge is -2.40. The Morgan fingerprint density at radius 1 is 1.00 bits per heavy atom. The second-order valence-corrected chi connectivity index (χ2v) is 9.40. The van der Waals surface area contributed by atoms with Gasteiger partial charge in [-0.1, -0.05) is 18.2 Å².